The van der Waals surface area contributed by atoms with Gasteiger partial charge in [-0.25, -0.2) is 0 Å². The van der Waals surface area contributed by atoms with Gasteiger partial charge < -0.3 is 19.2 Å². The van der Waals surface area contributed by atoms with Gasteiger partial charge in [-0.2, -0.15) is 0 Å². The Balaban J connectivity index is 1.60. The molecule has 0 fully saturated rings. The van der Waals surface area contributed by atoms with E-state index in [4.69, 9.17) is 25.5 Å². The SMILES string of the molecule is COc1ccc(OC)c(NC(=O)CSc2nnc(-c3ccc(Cl)s3)o2)c1. The molecule has 0 unspecified atom stereocenters. The highest BCUT2D eigenvalue weighted by molar-refractivity contribution is 7.99. The number of methoxy groups -OCH3 is 2. The van der Waals surface area contributed by atoms with Crippen LogP contribution in [0.15, 0.2) is 40.0 Å². The molecule has 0 spiro atoms. The Morgan fingerprint density at radius 2 is 2.12 bits per heavy atom. The highest BCUT2D eigenvalue weighted by Gasteiger charge is 2.14. The smallest absolute Gasteiger partial charge is 0.277 e. The number of anilines is 1. The summed E-state index contributed by atoms with van der Waals surface area (Å²) in [6, 6.07) is 8.72. The van der Waals surface area contributed by atoms with Crippen LogP contribution in [0, 0.1) is 0 Å². The zero-order valence-corrected chi connectivity index (χ0v) is 16.2. The lowest BCUT2D eigenvalue weighted by Gasteiger charge is -2.11. The fourth-order valence-corrected chi connectivity index (χ4v) is 3.55. The Labute approximate surface area is 162 Å². The molecule has 0 saturated heterocycles. The number of rotatable bonds is 7. The van der Waals surface area contributed by atoms with E-state index < -0.39 is 0 Å². The van der Waals surface area contributed by atoms with Crippen molar-refractivity contribution >= 4 is 46.3 Å². The zero-order chi connectivity index (χ0) is 18.5. The van der Waals surface area contributed by atoms with Gasteiger partial charge in [0.1, 0.15) is 11.5 Å². The molecule has 1 amide bonds. The Morgan fingerprint density at radius 3 is 2.81 bits per heavy atom. The first-order chi connectivity index (χ1) is 12.6. The first-order valence-corrected chi connectivity index (χ1v) is 9.51. The molecule has 3 rings (SSSR count). The van der Waals surface area contributed by atoms with Gasteiger partial charge in [0.05, 0.1) is 34.9 Å². The molecule has 0 saturated carbocycles. The quantitative estimate of drug-likeness (QED) is 0.583. The molecule has 2 heterocycles. The minimum absolute atomic E-state index is 0.104. The summed E-state index contributed by atoms with van der Waals surface area (Å²) >= 11 is 8.38. The monoisotopic (exact) mass is 411 g/mol. The molecule has 26 heavy (non-hydrogen) atoms. The molecule has 0 bridgehead atoms. The van der Waals surface area contributed by atoms with Crippen molar-refractivity contribution in [3.63, 3.8) is 0 Å². The van der Waals surface area contributed by atoms with Crippen molar-refractivity contribution in [2.24, 2.45) is 0 Å². The largest absolute Gasteiger partial charge is 0.497 e. The Morgan fingerprint density at radius 1 is 1.27 bits per heavy atom. The van der Waals surface area contributed by atoms with E-state index in [1.54, 1.807) is 37.4 Å². The number of carbonyl (C=O) groups is 1. The van der Waals surface area contributed by atoms with E-state index in [0.717, 1.165) is 16.6 Å². The van der Waals surface area contributed by atoms with Gasteiger partial charge in [0.25, 0.3) is 11.1 Å². The summed E-state index contributed by atoms with van der Waals surface area (Å²) < 4.78 is 16.6. The van der Waals surface area contributed by atoms with Crippen LogP contribution in [0.4, 0.5) is 5.69 Å². The third kappa shape index (κ3) is 4.48. The summed E-state index contributed by atoms with van der Waals surface area (Å²) in [6.07, 6.45) is 0. The van der Waals surface area contributed by atoms with Gasteiger partial charge in [-0.15, -0.1) is 21.5 Å². The average Bonchev–Trinajstić information content (AvgIpc) is 3.28. The maximum absolute atomic E-state index is 12.2. The van der Waals surface area contributed by atoms with Crippen molar-refractivity contribution in [3.8, 4) is 22.3 Å². The average molecular weight is 412 g/mol. The van der Waals surface area contributed by atoms with E-state index in [0.29, 0.717) is 32.6 Å². The van der Waals surface area contributed by atoms with E-state index in [9.17, 15) is 4.79 Å². The number of hydrogen-bond acceptors (Lipinski definition) is 8. The maximum atomic E-state index is 12.2. The van der Waals surface area contributed by atoms with Gasteiger partial charge in [-0.1, -0.05) is 23.4 Å². The fraction of sp³-hybridized carbons (Fsp3) is 0.188. The number of thiophene rings is 1. The number of benzene rings is 1. The van der Waals surface area contributed by atoms with Crippen molar-refractivity contribution in [1.29, 1.82) is 0 Å². The molecular weight excluding hydrogens is 398 g/mol. The molecule has 7 nitrogen and oxygen atoms in total. The number of nitrogens with zero attached hydrogens (tertiary/aromatic N) is 2. The lowest BCUT2D eigenvalue weighted by Crippen LogP contribution is -2.14. The topological polar surface area (TPSA) is 86.5 Å². The highest BCUT2D eigenvalue weighted by Crippen LogP contribution is 2.32. The summed E-state index contributed by atoms with van der Waals surface area (Å²) in [5.74, 6) is 1.40. The Hall–Kier alpha value is -2.23. The van der Waals surface area contributed by atoms with Crippen molar-refractivity contribution in [3.05, 3.63) is 34.7 Å². The maximum Gasteiger partial charge on any atom is 0.277 e. The number of carbonyl (C=O) groups excluding carboxylic acids is 1. The van der Waals surface area contributed by atoms with Gasteiger partial charge >= 0.3 is 0 Å². The molecule has 0 aliphatic carbocycles. The summed E-state index contributed by atoms with van der Waals surface area (Å²) in [6.45, 7) is 0. The third-order valence-corrected chi connectivity index (χ3v) is 5.24. The van der Waals surface area contributed by atoms with Crippen LogP contribution < -0.4 is 14.8 Å². The highest BCUT2D eigenvalue weighted by atomic mass is 35.5. The molecule has 2 aromatic heterocycles. The second-order valence-electron chi connectivity index (χ2n) is 4.88. The number of ether oxygens (including phenoxy) is 2. The number of aromatic nitrogens is 2. The predicted octanol–water partition coefficient (Wildman–Crippen LogP) is 4.20. The number of hydrogen-bond donors (Lipinski definition) is 1. The second-order valence-corrected chi connectivity index (χ2v) is 7.52. The van der Waals surface area contributed by atoms with Gasteiger partial charge in [0, 0.05) is 6.07 Å². The molecule has 10 heteroatoms. The Bertz CT molecular complexity index is 913. The molecule has 136 valence electrons. The van der Waals surface area contributed by atoms with E-state index in [-0.39, 0.29) is 11.7 Å². The molecule has 3 aromatic rings. The normalized spacial score (nSPS) is 10.6. The first kappa shape index (κ1) is 18.6. The van der Waals surface area contributed by atoms with E-state index in [2.05, 4.69) is 15.5 Å². The van der Waals surface area contributed by atoms with Crippen LogP contribution in [0.5, 0.6) is 11.5 Å². The van der Waals surface area contributed by atoms with Gasteiger partial charge in [-0.3, -0.25) is 4.79 Å². The minimum atomic E-state index is -0.236. The van der Waals surface area contributed by atoms with E-state index >= 15 is 0 Å². The van der Waals surface area contributed by atoms with Crippen LogP contribution in [-0.4, -0.2) is 36.1 Å². The number of amides is 1. The number of nitrogens with one attached hydrogen (secondary N) is 1. The van der Waals surface area contributed by atoms with Crippen LogP contribution in [0.1, 0.15) is 0 Å². The fourth-order valence-electron chi connectivity index (χ4n) is 2.02. The van der Waals surface area contributed by atoms with Gasteiger partial charge in [0.2, 0.25) is 5.91 Å². The summed E-state index contributed by atoms with van der Waals surface area (Å²) in [5, 5.41) is 11.0. The van der Waals surface area contributed by atoms with E-state index in [1.807, 2.05) is 0 Å². The summed E-state index contributed by atoms with van der Waals surface area (Å²) in [4.78, 5) is 13.0. The number of thioether (sulfide) groups is 1. The van der Waals surface area contributed by atoms with Gasteiger partial charge in [-0.05, 0) is 24.3 Å². The lowest BCUT2D eigenvalue weighted by molar-refractivity contribution is -0.113. The Kier molecular flexibility index (Phi) is 6.02. The summed E-state index contributed by atoms with van der Waals surface area (Å²) in [7, 11) is 3.08. The molecule has 0 atom stereocenters. The second kappa shape index (κ2) is 8.43. The molecule has 1 aromatic carbocycles. The molecule has 0 aliphatic rings. The van der Waals surface area contributed by atoms with Crippen LogP contribution >= 0.6 is 34.7 Å². The third-order valence-electron chi connectivity index (χ3n) is 3.20. The minimum Gasteiger partial charge on any atom is -0.497 e. The van der Waals surface area contributed by atoms with Gasteiger partial charge in [0.15, 0.2) is 0 Å². The van der Waals surface area contributed by atoms with E-state index in [1.165, 1.54) is 18.4 Å². The van der Waals surface area contributed by atoms with Crippen LogP contribution in [0.3, 0.4) is 0 Å². The molecule has 1 N–H and O–H groups in total. The van der Waals surface area contributed by atoms with Crippen LogP contribution in [-0.2, 0) is 4.79 Å². The number of halogens is 1. The van der Waals surface area contributed by atoms with Crippen LogP contribution in [0.25, 0.3) is 10.8 Å². The standard InChI is InChI=1S/C16H14ClN3O4S2/c1-22-9-3-4-11(23-2)10(7-9)18-14(21)8-25-16-20-19-15(24-16)12-5-6-13(17)26-12/h3-7H,8H2,1-2H3,(H,18,21). The van der Waals surface area contributed by atoms with Crippen molar-refractivity contribution in [2.45, 2.75) is 5.22 Å². The predicted molar refractivity (Wildman–Crippen MR) is 102 cm³/mol. The van der Waals surface area contributed by atoms with Crippen LogP contribution in [0.2, 0.25) is 4.34 Å². The summed E-state index contributed by atoms with van der Waals surface area (Å²) in [5.41, 5.74) is 0.525. The zero-order valence-electron chi connectivity index (χ0n) is 13.8. The molecule has 0 aliphatic heterocycles. The molecule has 0 radical (unpaired) electrons. The van der Waals surface area contributed by atoms with Crippen molar-refractivity contribution in [2.75, 3.05) is 25.3 Å². The van der Waals surface area contributed by atoms with Crippen molar-refractivity contribution < 1.29 is 18.7 Å². The molecular formula is C16H14ClN3O4S2. The first-order valence-electron chi connectivity index (χ1n) is 7.33. The van der Waals surface area contributed by atoms with Crippen molar-refractivity contribution in [1.82, 2.24) is 10.2 Å². The lowest BCUT2D eigenvalue weighted by atomic mass is 10.2.